The summed E-state index contributed by atoms with van der Waals surface area (Å²) in [5.74, 6) is -1.41. The van der Waals surface area contributed by atoms with Gasteiger partial charge in [0.1, 0.15) is 5.01 Å². The standard InChI is InChI=1S/C15H16N2O4S/c1-10(9-15(19)20)17(21-2)14(18)8-7-13-16-11-5-3-4-6-12(11)22-13/h3-8,10H,9H2,1-2H3,(H,19,20). The molecule has 1 N–H and O–H groups in total. The summed E-state index contributed by atoms with van der Waals surface area (Å²) in [6.07, 6.45) is 2.75. The topological polar surface area (TPSA) is 79.7 Å². The van der Waals surface area contributed by atoms with E-state index < -0.39 is 17.9 Å². The minimum Gasteiger partial charge on any atom is -0.481 e. The fourth-order valence-corrected chi connectivity index (χ4v) is 2.87. The summed E-state index contributed by atoms with van der Waals surface area (Å²) >= 11 is 1.47. The van der Waals surface area contributed by atoms with E-state index in [9.17, 15) is 9.59 Å². The molecule has 22 heavy (non-hydrogen) atoms. The van der Waals surface area contributed by atoms with E-state index >= 15 is 0 Å². The zero-order chi connectivity index (χ0) is 16.1. The Balaban J connectivity index is 2.10. The van der Waals surface area contributed by atoms with Gasteiger partial charge < -0.3 is 5.11 Å². The second-order valence-electron chi connectivity index (χ2n) is 4.65. The third kappa shape index (κ3) is 3.90. The summed E-state index contributed by atoms with van der Waals surface area (Å²) in [5.41, 5.74) is 0.877. The number of para-hydroxylation sites is 1. The summed E-state index contributed by atoms with van der Waals surface area (Å²) in [6.45, 7) is 1.61. The molecule has 0 aliphatic heterocycles. The maximum atomic E-state index is 12.1. The van der Waals surface area contributed by atoms with Crippen LogP contribution < -0.4 is 0 Å². The van der Waals surface area contributed by atoms with Crippen LogP contribution in [-0.4, -0.2) is 40.2 Å². The molecule has 0 saturated heterocycles. The maximum absolute atomic E-state index is 12.1. The average molecular weight is 320 g/mol. The van der Waals surface area contributed by atoms with Crippen molar-refractivity contribution >= 4 is 39.5 Å². The number of hydrogen-bond acceptors (Lipinski definition) is 5. The van der Waals surface area contributed by atoms with Crippen LogP contribution in [0.3, 0.4) is 0 Å². The van der Waals surface area contributed by atoms with Crippen LogP contribution >= 0.6 is 11.3 Å². The summed E-state index contributed by atoms with van der Waals surface area (Å²) in [7, 11) is 1.34. The molecule has 6 nitrogen and oxygen atoms in total. The van der Waals surface area contributed by atoms with Crippen LogP contribution in [0, 0.1) is 0 Å². The number of benzene rings is 1. The van der Waals surface area contributed by atoms with Gasteiger partial charge in [0.25, 0.3) is 5.91 Å². The molecular weight excluding hydrogens is 304 g/mol. The van der Waals surface area contributed by atoms with E-state index in [1.807, 2.05) is 24.3 Å². The number of rotatable bonds is 6. The molecule has 116 valence electrons. The zero-order valence-electron chi connectivity index (χ0n) is 12.2. The number of nitrogens with zero attached hydrogens (tertiary/aromatic N) is 2. The SMILES string of the molecule is CON(C(=O)C=Cc1nc2ccccc2s1)C(C)CC(=O)O. The fraction of sp³-hybridized carbons (Fsp3) is 0.267. The zero-order valence-corrected chi connectivity index (χ0v) is 13.0. The van der Waals surface area contributed by atoms with Crippen molar-refractivity contribution in [3.63, 3.8) is 0 Å². The van der Waals surface area contributed by atoms with Crippen molar-refractivity contribution in [2.45, 2.75) is 19.4 Å². The van der Waals surface area contributed by atoms with Crippen LogP contribution in [0.4, 0.5) is 0 Å². The minimum atomic E-state index is -0.988. The minimum absolute atomic E-state index is 0.186. The molecule has 1 unspecified atom stereocenters. The second-order valence-corrected chi connectivity index (χ2v) is 5.71. The van der Waals surface area contributed by atoms with Crippen LogP contribution in [0.25, 0.3) is 16.3 Å². The molecule has 7 heteroatoms. The third-order valence-corrected chi connectivity index (χ3v) is 3.96. The summed E-state index contributed by atoms with van der Waals surface area (Å²) < 4.78 is 1.04. The number of carbonyl (C=O) groups is 2. The Morgan fingerprint density at radius 2 is 2.18 bits per heavy atom. The number of aliphatic carboxylic acids is 1. The van der Waals surface area contributed by atoms with Gasteiger partial charge in [-0.3, -0.25) is 14.4 Å². The first-order chi connectivity index (χ1) is 10.5. The highest BCUT2D eigenvalue weighted by molar-refractivity contribution is 7.19. The van der Waals surface area contributed by atoms with E-state index in [1.54, 1.807) is 13.0 Å². The third-order valence-electron chi connectivity index (χ3n) is 2.96. The molecule has 0 radical (unpaired) electrons. The molecule has 0 aliphatic rings. The molecule has 1 amide bonds. The van der Waals surface area contributed by atoms with Crippen molar-refractivity contribution in [2.24, 2.45) is 0 Å². The average Bonchev–Trinajstić information content (AvgIpc) is 2.87. The first kappa shape index (κ1) is 16.1. The van der Waals surface area contributed by atoms with Crippen molar-refractivity contribution in [1.82, 2.24) is 10.0 Å². The molecule has 0 fully saturated rings. The molecule has 1 heterocycles. The van der Waals surface area contributed by atoms with Gasteiger partial charge in [-0.2, -0.15) is 0 Å². The summed E-state index contributed by atoms with van der Waals surface area (Å²) in [5, 5.41) is 10.5. The number of thiazole rings is 1. The predicted octanol–water partition coefficient (Wildman–Crippen LogP) is 2.56. The molecule has 0 bridgehead atoms. The number of hydroxylamine groups is 2. The van der Waals surface area contributed by atoms with Crippen LogP contribution in [0.1, 0.15) is 18.4 Å². The Kier molecular flexibility index (Phi) is 5.24. The van der Waals surface area contributed by atoms with Gasteiger partial charge in [-0.25, -0.2) is 10.0 Å². The van der Waals surface area contributed by atoms with Crippen LogP contribution in [0.2, 0.25) is 0 Å². The second kappa shape index (κ2) is 7.15. The van der Waals surface area contributed by atoms with Crippen LogP contribution in [0.15, 0.2) is 30.3 Å². The molecular formula is C15H16N2O4S. The number of amides is 1. The molecule has 0 saturated carbocycles. The van der Waals surface area contributed by atoms with E-state index in [0.29, 0.717) is 5.01 Å². The van der Waals surface area contributed by atoms with Crippen LogP contribution in [0.5, 0.6) is 0 Å². The fourth-order valence-electron chi connectivity index (χ4n) is 2.00. The molecule has 0 aliphatic carbocycles. The molecule has 1 aromatic carbocycles. The Labute approximate surface area is 131 Å². The van der Waals surface area contributed by atoms with E-state index in [2.05, 4.69) is 4.98 Å². The van der Waals surface area contributed by atoms with Crippen molar-refractivity contribution in [3.8, 4) is 0 Å². The quantitative estimate of drug-likeness (QED) is 0.653. The molecule has 0 spiro atoms. The Morgan fingerprint density at radius 1 is 1.45 bits per heavy atom. The lowest BCUT2D eigenvalue weighted by molar-refractivity contribution is -0.183. The number of carboxylic acids is 1. The van der Waals surface area contributed by atoms with Gasteiger partial charge in [0.05, 0.1) is 29.8 Å². The van der Waals surface area contributed by atoms with Gasteiger partial charge in [0, 0.05) is 6.08 Å². The first-order valence-electron chi connectivity index (χ1n) is 6.64. The van der Waals surface area contributed by atoms with Gasteiger partial charge in [-0.05, 0) is 25.1 Å². The highest BCUT2D eigenvalue weighted by atomic mass is 32.1. The van der Waals surface area contributed by atoms with E-state index in [4.69, 9.17) is 9.94 Å². The Hall–Kier alpha value is -2.25. The van der Waals surface area contributed by atoms with Gasteiger partial charge in [-0.15, -0.1) is 11.3 Å². The van der Waals surface area contributed by atoms with Crippen molar-refractivity contribution < 1.29 is 19.5 Å². The first-order valence-corrected chi connectivity index (χ1v) is 7.45. The van der Waals surface area contributed by atoms with Gasteiger partial charge >= 0.3 is 5.97 Å². The van der Waals surface area contributed by atoms with Crippen molar-refractivity contribution in [3.05, 3.63) is 35.3 Å². The summed E-state index contributed by atoms with van der Waals surface area (Å²) in [4.78, 5) is 32.2. The molecule has 1 atom stereocenters. The molecule has 2 rings (SSSR count). The van der Waals surface area contributed by atoms with Gasteiger partial charge in [-0.1, -0.05) is 12.1 Å². The number of carbonyl (C=O) groups excluding carboxylic acids is 1. The highest BCUT2D eigenvalue weighted by Crippen LogP contribution is 2.22. The normalized spacial score (nSPS) is 12.6. The Morgan fingerprint density at radius 3 is 2.82 bits per heavy atom. The molecule has 1 aromatic heterocycles. The smallest absolute Gasteiger partial charge is 0.305 e. The van der Waals surface area contributed by atoms with Crippen molar-refractivity contribution in [2.75, 3.05) is 7.11 Å². The predicted molar refractivity (Wildman–Crippen MR) is 84.2 cm³/mol. The number of hydrogen-bond donors (Lipinski definition) is 1. The van der Waals surface area contributed by atoms with E-state index in [1.165, 1.54) is 24.5 Å². The monoisotopic (exact) mass is 320 g/mol. The lowest BCUT2D eigenvalue weighted by Gasteiger charge is -2.23. The van der Waals surface area contributed by atoms with E-state index in [0.717, 1.165) is 15.3 Å². The van der Waals surface area contributed by atoms with Crippen molar-refractivity contribution in [1.29, 1.82) is 0 Å². The van der Waals surface area contributed by atoms with E-state index in [-0.39, 0.29) is 6.42 Å². The Bertz CT molecular complexity index is 677. The highest BCUT2D eigenvalue weighted by Gasteiger charge is 2.20. The van der Waals surface area contributed by atoms with Gasteiger partial charge in [0.15, 0.2) is 0 Å². The largest absolute Gasteiger partial charge is 0.481 e. The lowest BCUT2D eigenvalue weighted by Crippen LogP contribution is -2.37. The molecule has 2 aromatic rings. The maximum Gasteiger partial charge on any atom is 0.305 e. The summed E-state index contributed by atoms with van der Waals surface area (Å²) in [6, 6.07) is 7.14. The number of fused-ring (bicyclic) bond motifs is 1. The number of aromatic nitrogens is 1. The number of carboxylic acid groups (broad SMARTS) is 1. The van der Waals surface area contributed by atoms with Gasteiger partial charge in [0.2, 0.25) is 0 Å². The van der Waals surface area contributed by atoms with Crippen LogP contribution in [-0.2, 0) is 14.4 Å². The lowest BCUT2D eigenvalue weighted by atomic mass is 10.2.